The third-order valence-corrected chi connectivity index (χ3v) is 7.33. The third kappa shape index (κ3) is 5.44. The van der Waals surface area contributed by atoms with E-state index in [2.05, 4.69) is 57.5 Å². The molecule has 2 saturated heterocycles. The van der Waals surface area contributed by atoms with Gasteiger partial charge in [-0.3, -0.25) is 4.90 Å². The smallest absolute Gasteiger partial charge is 0.172 e. The van der Waals surface area contributed by atoms with Crippen LogP contribution in [-0.2, 0) is 6.54 Å². The molecular weight excluding hydrogens is 462 g/mol. The number of aliphatic hydroxyl groups is 1. The van der Waals surface area contributed by atoms with Gasteiger partial charge in [0.05, 0.1) is 11.4 Å². The number of anilines is 2. The quantitative estimate of drug-likeness (QED) is 0.560. The minimum Gasteiger partial charge on any atom is -0.396 e. The Morgan fingerprint density at radius 1 is 0.857 bits per heavy atom. The van der Waals surface area contributed by atoms with Gasteiger partial charge in [-0.1, -0.05) is 18.2 Å². The highest BCUT2D eigenvalue weighted by Crippen LogP contribution is 2.29. The average molecular weight is 498 g/mol. The van der Waals surface area contributed by atoms with Gasteiger partial charge in [-0.05, 0) is 44.7 Å². The first kappa shape index (κ1) is 25.4. The first-order valence-electron chi connectivity index (χ1n) is 12.4. The lowest BCUT2D eigenvalue weighted by Crippen LogP contribution is -2.47. The van der Waals surface area contributed by atoms with Crippen LogP contribution in [0.4, 0.5) is 11.6 Å². The molecule has 1 aromatic carbocycles. The van der Waals surface area contributed by atoms with E-state index in [-0.39, 0.29) is 19.0 Å². The Kier molecular flexibility index (Phi) is 8.26. The van der Waals surface area contributed by atoms with Crippen LogP contribution in [0.5, 0.6) is 0 Å². The van der Waals surface area contributed by atoms with E-state index in [1.54, 1.807) is 12.4 Å². The number of piperidine rings is 1. The van der Waals surface area contributed by atoms with Gasteiger partial charge in [-0.25, -0.2) is 14.6 Å². The van der Waals surface area contributed by atoms with Crippen molar-refractivity contribution in [1.29, 1.82) is 0 Å². The third-order valence-electron chi connectivity index (χ3n) is 7.33. The van der Waals surface area contributed by atoms with Crippen molar-refractivity contribution in [2.24, 2.45) is 5.92 Å². The summed E-state index contributed by atoms with van der Waals surface area (Å²) in [4.78, 5) is 16.7. The highest BCUT2D eigenvalue weighted by molar-refractivity contribution is 5.85. The maximum absolute atomic E-state index is 9.47. The molecule has 0 atom stereocenters. The molecule has 2 aromatic heterocycles. The number of benzene rings is 1. The van der Waals surface area contributed by atoms with Crippen molar-refractivity contribution in [2.45, 2.75) is 33.2 Å². The molecule has 35 heavy (non-hydrogen) atoms. The Morgan fingerprint density at radius 3 is 2.06 bits per heavy atom. The largest absolute Gasteiger partial charge is 0.396 e. The van der Waals surface area contributed by atoms with Crippen molar-refractivity contribution >= 4 is 24.0 Å². The Balaban J connectivity index is 0.00000289. The molecule has 2 aliphatic rings. The summed E-state index contributed by atoms with van der Waals surface area (Å²) in [6.07, 6.45) is 5.62. The molecule has 0 bridgehead atoms. The second-order valence-electron chi connectivity index (χ2n) is 9.48. The molecule has 9 heteroatoms. The van der Waals surface area contributed by atoms with Crippen molar-refractivity contribution in [3.8, 4) is 5.69 Å². The van der Waals surface area contributed by atoms with E-state index in [0.717, 1.165) is 81.7 Å². The van der Waals surface area contributed by atoms with E-state index < -0.39 is 0 Å². The van der Waals surface area contributed by atoms with E-state index >= 15 is 0 Å². The van der Waals surface area contributed by atoms with Crippen molar-refractivity contribution in [3.63, 3.8) is 0 Å². The minimum atomic E-state index is 0. The molecule has 0 amide bonds. The molecule has 0 aliphatic carbocycles. The first-order chi connectivity index (χ1) is 16.6. The second-order valence-corrected chi connectivity index (χ2v) is 9.48. The van der Waals surface area contributed by atoms with Gasteiger partial charge in [0, 0.05) is 76.1 Å². The summed E-state index contributed by atoms with van der Waals surface area (Å²) in [5.74, 6) is 2.40. The number of nitrogens with zero attached hydrogens (tertiary/aromatic N) is 7. The first-order valence-corrected chi connectivity index (χ1v) is 12.4. The van der Waals surface area contributed by atoms with Crippen molar-refractivity contribution in [1.82, 2.24) is 24.6 Å². The lowest BCUT2D eigenvalue weighted by molar-refractivity contribution is 0.202. The van der Waals surface area contributed by atoms with Crippen molar-refractivity contribution in [2.75, 3.05) is 55.7 Å². The maximum atomic E-state index is 9.47. The zero-order chi connectivity index (χ0) is 23.5. The van der Waals surface area contributed by atoms with Gasteiger partial charge in [0.1, 0.15) is 0 Å². The molecule has 188 valence electrons. The number of para-hydroxylation sites is 1. The van der Waals surface area contributed by atoms with Crippen LogP contribution in [0.1, 0.15) is 29.8 Å². The van der Waals surface area contributed by atoms with Crippen LogP contribution in [0.25, 0.3) is 5.69 Å². The zero-order valence-corrected chi connectivity index (χ0v) is 21.5. The molecule has 0 saturated carbocycles. The number of hydrogen-bond donors (Lipinski definition) is 1. The van der Waals surface area contributed by atoms with Crippen LogP contribution in [-0.4, -0.2) is 75.6 Å². The topological polar surface area (TPSA) is 73.6 Å². The predicted molar refractivity (Wildman–Crippen MR) is 142 cm³/mol. The van der Waals surface area contributed by atoms with Gasteiger partial charge in [-0.15, -0.1) is 12.4 Å². The zero-order valence-electron chi connectivity index (χ0n) is 20.7. The van der Waals surface area contributed by atoms with Gasteiger partial charge in [0.15, 0.2) is 11.6 Å². The highest BCUT2D eigenvalue weighted by Gasteiger charge is 2.27. The second kappa shape index (κ2) is 11.4. The minimum absolute atomic E-state index is 0. The van der Waals surface area contributed by atoms with Gasteiger partial charge in [0.25, 0.3) is 0 Å². The van der Waals surface area contributed by atoms with E-state index in [1.807, 2.05) is 6.07 Å². The molecule has 4 heterocycles. The highest BCUT2D eigenvalue weighted by atomic mass is 35.5. The summed E-state index contributed by atoms with van der Waals surface area (Å²) in [5.41, 5.74) is 4.75. The summed E-state index contributed by atoms with van der Waals surface area (Å²) in [6.45, 7) is 11.2. The number of aryl methyl sites for hydroxylation is 1. The van der Waals surface area contributed by atoms with Crippen LogP contribution >= 0.6 is 12.4 Å². The van der Waals surface area contributed by atoms with Crippen LogP contribution < -0.4 is 9.80 Å². The fraction of sp³-hybridized carbons (Fsp3) is 0.500. The summed E-state index contributed by atoms with van der Waals surface area (Å²) in [5, 5.41) is 14.3. The van der Waals surface area contributed by atoms with E-state index in [4.69, 9.17) is 15.1 Å². The number of hydrogen-bond acceptors (Lipinski definition) is 7. The van der Waals surface area contributed by atoms with Crippen LogP contribution in [0.2, 0.25) is 0 Å². The maximum Gasteiger partial charge on any atom is 0.172 e. The van der Waals surface area contributed by atoms with Crippen LogP contribution in [0.3, 0.4) is 0 Å². The fourth-order valence-electron chi connectivity index (χ4n) is 5.16. The summed E-state index contributed by atoms with van der Waals surface area (Å²) >= 11 is 0. The number of piperazine rings is 1. The Bertz CT molecular complexity index is 1090. The van der Waals surface area contributed by atoms with Gasteiger partial charge in [0.2, 0.25) is 0 Å². The van der Waals surface area contributed by atoms with Gasteiger partial charge >= 0.3 is 0 Å². The van der Waals surface area contributed by atoms with E-state index in [0.29, 0.717) is 5.92 Å². The number of rotatable bonds is 6. The molecule has 5 rings (SSSR count). The average Bonchev–Trinajstić information content (AvgIpc) is 3.18. The summed E-state index contributed by atoms with van der Waals surface area (Å²) in [6, 6.07) is 10.4. The van der Waals surface area contributed by atoms with Gasteiger partial charge in [-0.2, -0.15) is 5.10 Å². The van der Waals surface area contributed by atoms with E-state index in [9.17, 15) is 5.11 Å². The number of aromatic nitrogens is 4. The van der Waals surface area contributed by atoms with Crippen molar-refractivity contribution in [3.05, 3.63) is 59.7 Å². The van der Waals surface area contributed by atoms with Gasteiger partial charge < -0.3 is 14.9 Å². The fourth-order valence-corrected chi connectivity index (χ4v) is 5.16. The standard InChI is InChI=1S/C26H35N7O.ClH/c1-20-24(21(2)33(29-20)23-6-4-3-5-7-23)18-30-14-16-32(17-15-30)26-25(27-10-11-28-26)31-12-8-22(19-34)9-13-31;/h3-7,10-11,22,34H,8-9,12-19H2,1-2H3;1H. The number of halogens is 1. The molecule has 0 radical (unpaired) electrons. The SMILES string of the molecule is Cc1nn(-c2ccccc2)c(C)c1CN1CCN(c2nccnc2N2CCC(CO)CC2)CC1.Cl. The monoisotopic (exact) mass is 497 g/mol. The molecule has 2 aliphatic heterocycles. The van der Waals surface area contributed by atoms with Crippen molar-refractivity contribution < 1.29 is 5.11 Å². The normalized spacial score (nSPS) is 17.5. The predicted octanol–water partition coefficient (Wildman–Crippen LogP) is 3.23. The molecule has 0 spiro atoms. The Hall–Kier alpha value is -2.68. The summed E-state index contributed by atoms with van der Waals surface area (Å²) in [7, 11) is 0. The molecule has 1 N–H and O–H groups in total. The Morgan fingerprint density at radius 2 is 1.46 bits per heavy atom. The molecule has 0 unspecified atom stereocenters. The molecule has 3 aromatic rings. The molecule has 8 nitrogen and oxygen atoms in total. The lowest BCUT2D eigenvalue weighted by Gasteiger charge is -2.38. The summed E-state index contributed by atoms with van der Waals surface area (Å²) < 4.78 is 2.06. The lowest BCUT2D eigenvalue weighted by atomic mass is 9.98. The Labute approximate surface area is 214 Å². The van der Waals surface area contributed by atoms with Crippen LogP contribution in [0.15, 0.2) is 42.7 Å². The van der Waals surface area contributed by atoms with E-state index in [1.165, 1.54) is 11.3 Å². The number of aliphatic hydroxyl groups excluding tert-OH is 1. The molecule has 2 fully saturated rings. The molecular formula is C26H36ClN7O. The van der Waals surface area contributed by atoms with Crippen LogP contribution in [0, 0.1) is 19.8 Å².